The monoisotopic (exact) mass is 493 g/mol. The van der Waals surface area contributed by atoms with Gasteiger partial charge in [0.2, 0.25) is 0 Å². The first-order valence-electron chi connectivity index (χ1n) is 8.26. The summed E-state index contributed by atoms with van der Waals surface area (Å²) >= 11 is 6.82. The number of halogens is 2. The average Bonchev–Trinajstić information content (AvgIpc) is 2.65. The summed E-state index contributed by atoms with van der Waals surface area (Å²) in [4.78, 5) is 29.1. The molecular weight excluding hydrogens is 478 g/mol. The van der Waals surface area contributed by atoms with Crippen LogP contribution in [0.2, 0.25) is 0 Å². The number of carbonyl (C=O) groups excluding carboxylic acids is 1. The Bertz CT molecular complexity index is 1040. The smallest absolute Gasteiger partial charge is 0.325 e. The fourth-order valence-electron chi connectivity index (χ4n) is 2.65. The third-order valence-corrected chi connectivity index (χ3v) is 5.02. The summed E-state index contributed by atoms with van der Waals surface area (Å²) in [6.45, 7) is 2.16. The molecular formula is C19H17Br2N3O3. The number of fused-ring (bicyclic) bond motifs is 1. The second-order valence-electron chi connectivity index (χ2n) is 5.84. The van der Waals surface area contributed by atoms with E-state index in [0.29, 0.717) is 16.7 Å². The molecule has 0 aliphatic rings. The van der Waals surface area contributed by atoms with Gasteiger partial charge in [-0.05, 0) is 47.1 Å². The molecule has 0 spiro atoms. The van der Waals surface area contributed by atoms with Crippen LogP contribution in [0, 0.1) is 6.92 Å². The predicted octanol–water partition coefficient (Wildman–Crippen LogP) is 3.89. The van der Waals surface area contributed by atoms with E-state index in [9.17, 15) is 9.59 Å². The number of esters is 1. The van der Waals surface area contributed by atoms with Gasteiger partial charge in [-0.1, -0.05) is 34.1 Å². The summed E-state index contributed by atoms with van der Waals surface area (Å²) < 4.78 is 8.28. The number of nitrogens with zero attached hydrogens (tertiary/aromatic N) is 2. The van der Waals surface area contributed by atoms with Gasteiger partial charge in [0, 0.05) is 14.6 Å². The van der Waals surface area contributed by atoms with Gasteiger partial charge in [0.15, 0.2) is 0 Å². The molecule has 0 atom stereocenters. The molecule has 0 radical (unpaired) electrons. The number of rotatable bonds is 6. The van der Waals surface area contributed by atoms with E-state index >= 15 is 0 Å². The Hall–Kier alpha value is -2.19. The molecule has 1 aromatic heterocycles. The van der Waals surface area contributed by atoms with Crippen molar-refractivity contribution in [3.8, 4) is 0 Å². The number of para-hydroxylation sites is 1. The number of carbonyl (C=O) groups is 1. The van der Waals surface area contributed by atoms with Crippen molar-refractivity contribution in [3.63, 3.8) is 0 Å². The highest BCUT2D eigenvalue weighted by Gasteiger charge is 2.12. The van der Waals surface area contributed by atoms with Gasteiger partial charge in [-0.2, -0.15) is 0 Å². The Kier molecular flexibility index (Phi) is 6.28. The standard InChI is InChI=1S/C19H17Br2N3O3/c1-12-23-18-15(9-13(20)10-16(18)21)19(26)24(12)7-8-27-17(25)11-22-14-5-3-2-4-6-14/h2-6,9-10,22H,7-8,11H2,1H3. The molecule has 0 saturated carbocycles. The lowest BCUT2D eigenvalue weighted by Crippen LogP contribution is -2.27. The van der Waals surface area contributed by atoms with Crippen molar-refractivity contribution in [3.05, 3.63) is 67.6 Å². The third kappa shape index (κ3) is 4.75. The molecule has 1 N–H and O–H groups in total. The van der Waals surface area contributed by atoms with Crippen LogP contribution in [0.5, 0.6) is 0 Å². The number of ether oxygens (including phenoxy) is 1. The molecule has 0 aliphatic heterocycles. The molecule has 0 amide bonds. The van der Waals surface area contributed by atoms with Crippen molar-refractivity contribution in [2.75, 3.05) is 18.5 Å². The van der Waals surface area contributed by atoms with Gasteiger partial charge in [-0.25, -0.2) is 4.98 Å². The van der Waals surface area contributed by atoms with Crippen molar-refractivity contribution in [1.82, 2.24) is 9.55 Å². The maximum absolute atomic E-state index is 12.8. The Morgan fingerprint density at radius 2 is 1.96 bits per heavy atom. The highest BCUT2D eigenvalue weighted by Crippen LogP contribution is 2.25. The Labute approximate surface area is 172 Å². The molecule has 27 heavy (non-hydrogen) atoms. The van der Waals surface area contributed by atoms with E-state index < -0.39 is 0 Å². The minimum atomic E-state index is -0.385. The molecule has 0 saturated heterocycles. The molecule has 3 aromatic rings. The van der Waals surface area contributed by atoms with E-state index in [-0.39, 0.29) is 31.2 Å². The van der Waals surface area contributed by atoms with Crippen LogP contribution < -0.4 is 10.9 Å². The van der Waals surface area contributed by atoms with Crippen molar-refractivity contribution >= 4 is 54.4 Å². The third-order valence-electron chi connectivity index (χ3n) is 3.96. The molecule has 0 aliphatic carbocycles. The summed E-state index contributed by atoms with van der Waals surface area (Å²) in [5.74, 6) is 0.178. The number of hydrogen-bond acceptors (Lipinski definition) is 5. The van der Waals surface area contributed by atoms with Crippen LogP contribution in [0.15, 0.2) is 56.2 Å². The molecule has 8 heteroatoms. The molecule has 6 nitrogen and oxygen atoms in total. The molecule has 0 bridgehead atoms. The first-order chi connectivity index (χ1) is 13.0. The van der Waals surface area contributed by atoms with Gasteiger partial charge in [0.05, 0.1) is 17.4 Å². The zero-order valence-corrected chi connectivity index (χ0v) is 17.7. The molecule has 140 valence electrons. The molecule has 3 rings (SSSR count). The number of aryl methyl sites for hydroxylation is 1. The number of anilines is 1. The summed E-state index contributed by atoms with van der Waals surface area (Å²) in [6.07, 6.45) is 0. The van der Waals surface area contributed by atoms with Crippen molar-refractivity contribution in [2.45, 2.75) is 13.5 Å². The number of aromatic nitrogens is 2. The van der Waals surface area contributed by atoms with Gasteiger partial charge in [-0.15, -0.1) is 0 Å². The van der Waals surface area contributed by atoms with Crippen LogP contribution >= 0.6 is 31.9 Å². The normalized spacial score (nSPS) is 10.8. The molecule has 1 heterocycles. The minimum Gasteiger partial charge on any atom is -0.462 e. The van der Waals surface area contributed by atoms with Crippen LogP contribution in [0.25, 0.3) is 10.9 Å². The SMILES string of the molecule is Cc1nc2c(Br)cc(Br)cc2c(=O)n1CCOC(=O)CNc1ccccc1. The summed E-state index contributed by atoms with van der Waals surface area (Å²) in [5.41, 5.74) is 1.29. The van der Waals surface area contributed by atoms with Crippen molar-refractivity contribution in [2.24, 2.45) is 0 Å². The predicted molar refractivity (Wildman–Crippen MR) is 112 cm³/mol. The number of benzene rings is 2. The lowest BCUT2D eigenvalue weighted by atomic mass is 10.2. The molecule has 0 fully saturated rings. The summed E-state index contributed by atoms with van der Waals surface area (Å²) in [6, 6.07) is 13.0. The quantitative estimate of drug-likeness (QED) is 0.526. The Morgan fingerprint density at radius 1 is 1.22 bits per heavy atom. The summed E-state index contributed by atoms with van der Waals surface area (Å²) in [7, 11) is 0. The van der Waals surface area contributed by atoms with E-state index in [4.69, 9.17) is 4.74 Å². The lowest BCUT2D eigenvalue weighted by molar-refractivity contribution is -0.141. The second-order valence-corrected chi connectivity index (χ2v) is 7.61. The first kappa shape index (κ1) is 19.6. The van der Waals surface area contributed by atoms with E-state index in [0.717, 1.165) is 14.6 Å². The minimum absolute atomic E-state index is 0.0633. The van der Waals surface area contributed by atoms with Gasteiger partial charge in [0.1, 0.15) is 19.0 Å². The number of hydrogen-bond donors (Lipinski definition) is 1. The van der Waals surface area contributed by atoms with Crippen LogP contribution in [-0.2, 0) is 16.1 Å². The van der Waals surface area contributed by atoms with Crippen molar-refractivity contribution < 1.29 is 9.53 Å². The maximum atomic E-state index is 12.8. The molecule has 0 unspecified atom stereocenters. The zero-order chi connectivity index (χ0) is 19.4. The zero-order valence-electron chi connectivity index (χ0n) is 14.5. The lowest BCUT2D eigenvalue weighted by Gasteiger charge is -2.12. The fraction of sp³-hybridized carbons (Fsp3) is 0.211. The van der Waals surface area contributed by atoms with Gasteiger partial charge in [0.25, 0.3) is 5.56 Å². The van der Waals surface area contributed by atoms with E-state index in [1.165, 1.54) is 4.57 Å². The van der Waals surface area contributed by atoms with E-state index in [1.54, 1.807) is 13.0 Å². The van der Waals surface area contributed by atoms with E-state index in [2.05, 4.69) is 42.2 Å². The topological polar surface area (TPSA) is 73.2 Å². The maximum Gasteiger partial charge on any atom is 0.325 e. The Morgan fingerprint density at radius 3 is 2.70 bits per heavy atom. The second kappa shape index (κ2) is 8.67. The van der Waals surface area contributed by atoms with Gasteiger partial charge >= 0.3 is 5.97 Å². The van der Waals surface area contributed by atoms with Gasteiger partial charge in [-0.3, -0.25) is 14.2 Å². The van der Waals surface area contributed by atoms with Gasteiger partial charge < -0.3 is 10.1 Å². The summed E-state index contributed by atoms with van der Waals surface area (Å²) in [5, 5.41) is 3.49. The molecule has 2 aromatic carbocycles. The highest BCUT2D eigenvalue weighted by molar-refractivity contribution is 9.11. The van der Waals surface area contributed by atoms with Crippen LogP contribution in [0.1, 0.15) is 5.82 Å². The van der Waals surface area contributed by atoms with Crippen molar-refractivity contribution in [1.29, 1.82) is 0 Å². The largest absolute Gasteiger partial charge is 0.462 e. The average molecular weight is 495 g/mol. The van der Waals surface area contributed by atoms with Crippen LogP contribution in [0.3, 0.4) is 0 Å². The van der Waals surface area contributed by atoms with Crippen LogP contribution in [0.4, 0.5) is 5.69 Å². The Balaban J connectivity index is 1.65. The first-order valence-corrected chi connectivity index (χ1v) is 9.85. The van der Waals surface area contributed by atoms with Crippen LogP contribution in [-0.4, -0.2) is 28.7 Å². The van der Waals surface area contributed by atoms with E-state index in [1.807, 2.05) is 36.4 Å². The fourth-order valence-corrected chi connectivity index (χ4v) is 3.97. The highest BCUT2D eigenvalue weighted by atomic mass is 79.9. The number of nitrogens with one attached hydrogen (secondary N) is 1.